The first-order chi connectivity index (χ1) is 12.5. The minimum Gasteiger partial charge on any atom is -0.380 e. The van der Waals surface area contributed by atoms with E-state index in [-0.39, 0.29) is 17.1 Å². The summed E-state index contributed by atoms with van der Waals surface area (Å²) in [7, 11) is -5.63. The largest absolute Gasteiger partial charge is 0.534 e. The van der Waals surface area contributed by atoms with Crippen molar-refractivity contribution < 1.29 is 25.8 Å². The van der Waals surface area contributed by atoms with Gasteiger partial charge < -0.3 is 4.18 Å². The fraction of sp³-hybridized carbons (Fsp3) is 0.700. The average Bonchev–Trinajstić information content (AvgIpc) is 2.89. The summed E-state index contributed by atoms with van der Waals surface area (Å²) in [4.78, 5) is 0. The SMILES string of the molecule is C[C@]12CCCCC1=CC=C1[C@@H]2CC[C@]2(C)C(OS(=O)(=O)C(F)(F)F)=CC[C@@H]12. The fourth-order valence-electron chi connectivity index (χ4n) is 5.88. The first kappa shape index (κ1) is 19.1. The lowest BCUT2D eigenvalue weighted by Crippen LogP contribution is -2.44. The minimum atomic E-state index is -5.63. The van der Waals surface area contributed by atoms with Gasteiger partial charge in [-0.25, -0.2) is 0 Å². The van der Waals surface area contributed by atoms with E-state index in [4.69, 9.17) is 0 Å². The molecule has 4 aliphatic rings. The van der Waals surface area contributed by atoms with Gasteiger partial charge in [0, 0.05) is 5.41 Å². The van der Waals surface area contributed by atoms with E-state index in [2.05, 4.69) is 23.3 Å². The Labute approximate surface area is 158 Å². The highest BCUT2D eigenvalue weighted by Crippen LogP contribution is 2.63. The molecule has 3 nitrogen and oxygen atoms in total. The van der Waals surface area contributed by atoms with Crippen molar-refractivity contribution in [1.29, 1.82) is 0 Å². The van der Waals surface area contributed by atoms with Gasteiger partial charge in [-0.1, -0.05) is 43.6 Å². The van der Waals surface area contributed by atoms with Crippen molar-refractivity contribution in [2.75, 3.05) is 0 Å². The van der Waals surface area contributed by atoms with Crippen LogP contribution in [0, 0.1) is 22.7 Å². The minimum absolute atomic E-state index is 0.00577. The van der Waals surface area contributed by atoms with Gasteiger partial charge in [0.2, 0.25) is 0 Å². The van der Waals surface area contributed by atoms with Crippen LogP contribution in [0.25, 0.3) is 0 Å². The molecule has 2 saturated carbocycles. The maximum Gasteiger partial charge on any atom is 0.534 e. The quantitative estimate of drug-likeness (QED) is 0.445. The predicted octanol–water partition coefficient (Wildman–Crippen LogP) is 5.62. The summed E-state index contributed by atoms with van der Waals surface area (Å²) in [6.07, 6.45) is 12.6. The first-order valence-electron chi connectivity index (χ1n) is 9.61. The summed E-state index contributed by atoms with van der Waals surface area (Å²) in [6.45, 7) is 4.17. The molecule has 0 aromatic heterocycles. The van der Waals surface area contributed by atoms with Crippen molar-refractivity contribution in [2.45, 2.75) is 64.3 Å². The van der Waals surface area contributed by atoms with E-state index < -0.39 is 21.0 Å². The zero-order chi connectivity index (χ0) is 19.7. The Morgan fingerprint density at radius 3 is 2.52 bits per heavy atom. The number of allylic oxidation sites excluding steroid dienone is 6. The molecule has 27 heavy (non-hydrogen) atoms. The second kappa shape index (κ2) is 5.88. The van der Waals surface area contributed by atoms with E-state index >= 15 is 0 Å². The molecule has 0 unspecified atom stereocenters. The lowest BCUT2D eigenvalue weighted by molar-refractivity contribution is -0.0537. The monoisotopic (exact) mass is 402 g/mol. The zero-order valence-electron chi connectivity index (χ0n) is 15.6. The number of hydrogen-bond donors (Lipinski definition) is 0. The summed E-state index contributed by atoms with van der Waals surface area (Å²) >= 11 is 0. The standard InChI is InChI=1S/C20H25F3O3S/c1-18-11-4-3-5-13(18)6-7-14-15-8-9-17(19(15,2)12-10-16(14)18)26-27(24,25)20(21,22)23/h6-7,9,15-16H,3-5,8,10-12H2,1-2H3/t15-,16-,18-,19-/m0/s1. The summed E-state index contributed by atoms with van der Waals surface area (Å²) in [5.74, 6) is 0.363. The van der Waals surface area contributed by atoms with Gasteiger partial charge in [0.25, 0.3) is 0 Å². The molecule has 0 aromatic carbocycles. The van der Waals surface area contributed by atoms with Crippen molar-refractivity contribution in [2.24, 2.45) is 22.7 Å². The zero-order valence-corrected chi connectivity index (χ0v) is 16.4. The van der Waals surface area contributed by atoms with Gasteiger partial charge in [-0.15, -0.1) is 0 Å². The van der Waals surface area contributed by atoms with Crippen LogP contribution in [0.3, 0.4) is 0 Å². The summed E-state index contributed by atoms with van der Waals surface area (Å²) in [6, 6.07) is 0. The van der Waals surface area contributed by atoms with Gasteiger partial charge >= 0.3 is 15.6 Å². The predicted molar refractivity (Wildman–Crippen MR) is 95.8 cm³/mol. The Kier molecular flexibility index (Phi) is 4.16. The molecule has 7 heteroatoms. The summed E-state index contributed by atoms with van der Waals surface area (Å²) < 4.78 is 66.0. The van der Waals surface area contributed by atoms with Crippen LogP contribution < -0.4 is 0 Å². The Hall–Kier alpha value is -1.24. The molecule has 4 atom stereocenters. The number of hydrogen-bond acceptors (Lipinski definition) is 3. The third kappa shape index (κ3) is 2.71. The third-order valence-electron chi connectivity index (χ3n) is 7.48. The molecule has 0 bridgehead atoms. The third-order valence-corrected chi connectivity index (χ3v) is 8.45. The second-order valence-corrected chi connectivity index (χ2v) is 10.4. The highest BCUT2D eigenvalue weighted by atomic mass is 32.2. The average molecular weight is 402 g/mol. The van der Waals surface area contributed by atoms with E-state index in [0.29, 0.717) is 18.8 Å². The molecule has 4 rings (SSSR count). The molecule has 0 N–H and O–H groups in total. The van der Waals surface area contributed by atoms with E-state index in [0.717, 1.165) is 19.3 Å². The number of rotatable bonds is 2. The van der Waals surface area contributed by atoms with Gasteiger partial charge in [0.1, 0.15) is 5.76 Å². The fourth-order valence-corrected chi connectivity index (χ4v) is 6.47. The molecule has 0 aromatic rings. The number of alkyl halides is 3. The molecule has 0 amide bonds. The van der Waals surface area contributed by atoms with Crippen molar-refractivity contribution in [1.82, 2.24) is 0 Å². The molecule has 0 spiro atoms. The van der Waals surface area contributed by atoms with Gasteiger partial charge in [-0.2, -0.15) is 21.6 Å². The van der Waals surface area contributed by atoms with E-state index in [1.165, 1.54) is 24.0 Å². The molecule has 4 aliphatic carbocycles. The van der Waals surface area contributed by atoms with Crippen LogP contribution in [0.15, 0.2) is 35.1 Å². The molecular formula is C20H25F3O3S. The molecule has 150 valence electrons. The Balaban J connectivity index is 1.65. The van der Waals surface area contributed by atoms with Crippen molar-refractivity contribution in [3.8, 4) is 0 Å². The molecule has 0 saturated heterocycles. The topological polar surface area (TPSA) is 43.4 Å². The van der Waals surface area contributed by atoms with Crippen LogP contribution in [-0.4, -0.2) is 13.9 Å². The highest BCUT2D eigenvalue weighted by Gasteiger charge is 2.57. The van der Waals surface area contributed by atoms with Crippen LogP contribution >= 0.6 is 0 Å². The van der Waals surface area contributed by atoms with Crippen LogP contribution in [-0.2, 0) is 14.3 Å². The lowest BCUT2D eigenvalue weighted by Gasteiger charge is -2.53. The maximum absolute atomic E-state index is 12.8. The maximum atomic E-state index is 12.8. The molecule has 0 aliphatic heterocycles. The van der Waals surface area contributed by atoms with Gasteiger partial charge in [-0.05, 0) is 61.9 Å². The molecule has 0 heterocycles. The molecular weight excluding hydrogens is 377 g/mol. The van der Waals surface area contributed by atoms with Crippen molar-refractivity contribution in [3.05, 3.63) is 35.1 Å². The number of fused-ring (bicyclic) bond motifs is 5. The molecule has 0 radical (unpaired) electrons. The van der Waals surface area contributed by atoms with Gasteiger partial charge in [0.15, 0.2) is 0 Å². The van der Waals surface area contributed by atoms with Crippen LogP contribution in [0.1, 0.15) is 58.8 Å². The molecule has 2 fully saturated rings. The van der Waals surface area contributed by atoms with Crippen LogP contribution in [0.5, 0.6) is 0 Å². The number of halogens is 3. The van der Waals surface area contributed by atoms with Crippen molar-refractivity contribution >= 4 is 10.1 Å². The Bertz CT molecular complexity index is 852. The van der Waals surface area contributed by atoms with Crippen molar-refractivity contribution in [3.63, 3.8) is 0 Å². The first-order valence-corrected chi connectivity index (χ1v) is 11.0. The summed E-state index contributed by atoms with van der Waals surface area (Å²) in [5, 5.41) is 0. The van der Waals surface area contributed by atoms with Gasteiger partial charge in [-0.3, -0.25) is 0 Å². The van der Waals surface area contributed by atoms with Crippen LogP contribution in [0.2, 0.25) is 0 Å². The second-order valence-electron chi connectivity index (χ2n) is 8.83. The van der Waals surface area contributed by atoms with Crippen LogP contribution in [0.4, 0.5) is 13.2 Å². The van der Waals surface area contributed by atoms with Gasteiger partial charge in [0.05, 0.1) is 0 Å². The normalized spacial score (nSPS) is 38.8. The summed E-state index contributed by atoms with van der Waals surface area (Å²) in [5.41, 5.74) is -3.22. The smallest absolute Gasteiger partial charge is 0.380 e. The lowest BCUT2D eigenvalue weighted by atomic mass is 9.51. The highest BCUT2D eigenvalue weighted by molar-refractivity contribution is 7.87. The Morgan fingerprint density at radius 1 is 1.07 bits per heavy atom. The Morgan fingerprint density at radius 2 is 1.81 bits per heavy atom. The van der Waals surface area contributed by atoms with E-state index in [9.17, 15) is 21.6 Å². The van der Waals surface area contributed by atoms with E-state index in [1.54, 1.807) is 6.08 Å². The van der Waals surface area contributed by atoms with E-state index in [1.807, 2.05) is 6.92 Å².